The Morgan fingerprint density at radius 2 is 1.30 bits per heavy atom. The minimum Gasteiger partial charge on any atom is -0.478 e. The minimum atomic E-state index is -0.807. The molecule has 0 bridgehead atoms. The molecule has 0 radical (unpaired) electrons. The molecule has 0 aliphatic carbocycles. The minimum absolute atomic E-state index is 0.478. The molecule has 2 nitrogen and oxygen atoms in total. The van der Waals surface area contributed by atoms with Crippen molar-refractivity contribution >= 4 is 33.2 Å². The van der Waals surface area contributed by atoms with E-state index in [0.29, 0.717) is 5.56 Å². The maximum absolute atomic E-state index is 11.4. The first-order chi connectivity index (χ1) is 14.6. The lowest BCUT2D eigenvalue weighted by Gasteiger charge is -2.17. The molecule has 0 aliphatic heterocycles. The summed E-state index contributed by atoms with van der Waals surface area (Å²) in [7, 11) is 0. The number of aryl methyl sites for hydroxylation is 1. The van der Waals surface area contributed by atoms with Crippen LogP contribution in [-0.2, 0) is 6.42 Å². The second kappa shape index (κ2) is 18.2. The molecule has 30 heavy (non-hydrogen) atoms. The second-order valence-corrected chi connectivity index (χ2v) is 11.1. The van der Waals surface area contributed by atoms with Crippen molar-refractivity contribution in [3.63, 3.8) is 0 Å². The number of halogens is 1. The van der Waals surface area contributed by atoms with Gasteiger partial charge in [0.1, 0.15) is 0 Å². The van der Waals surface area contributed by atoms with E-state index in [4.69, 9.17) is 0 Å². The fourth-order valence-corrected chi connectivity index (χ4v) is 5.90. The summed E-state index contributed by atoms with van der Waals surface area (Å²) >= 11 is 4.87. The molecule has 0 aliphatic rings. The Hall–Kier alpha value is -0.350. The van der Waals surface area contributed by atoms with E-state index in [9.17, 15) is 9.90 Å². The summed E-state index contributed by atoms with van der Waals surface area (Å²) in [4.78, 5) is 11.4. The summed E-state index contributed by atoms with van der Waals surface area (Å²) < 4.78 is 0.755. The monoisotopic (exact) mass is 500 g/mol. The highest BCUT2D eigenvalue weighted by atomic mass is 79.9. The lowest BCUT2D eigenvalue weighted by molar-refractivity contribution is 0.0695. The molecule has 1 unspecified atom stereocenters. The van der Waals surface area contributed by atoms with Crippen LogP contribution in [0.4, 0.5) is 0 Å². The Balaban J connectivity index is 2.23. The Kier molecular flexibility index (Phi) is 16.8. The summed E-state index contributed by atoms with van der Waals surface area (Å²) in [6.45, 7) is 4.58. The molecule has 1 heterocycles. The van der Waals surface area contributed by atoms with E-state index in [0.717, 1.165) is 28.1 Å². The van der Waals surface area contributed by atoms with Gasteiger partial charge in [-0.3, -0.25) is 0 Å². The van der Waals surface area contributed by atoms with Crippen LogP contribution in [0.1, 0.15) is 139 Å². The number of carboxylic acid groups (broad SMARTS) is 1. The van der Waals surface area contributed by atoms with Crippen molar-refractivity contribution in [3.8, 4) is 0 Å². The second-order valence-electron chi connectivity index (χ2n) is 8.94. The first-order valence-corrected chi connectivity index (χ1v) is 14.3. The van der Waals surface area contributed by atoms with E-state index in [2.05, 4.69) is 29.8 Å². The van der Waals surface area contributed by atoms with Crippen LogP contribution in [0.25, 0.3) is 0 Å². The number of hydrogen-bond acceptors (Lipinski definition) is 2. The molecular weight excluding hydrogens is 456 g/mol. The van der Waals surface area contributed by atoms with E-state index < -0.39 is 5.97 Å². The van der Waals surface area contributed by atoms with Gasteiger partial charge >= 0.3 is 5.97 Å². The molecule has 0 fully saturated rings. The molecule has 1 N–H and O–H groups in total. The predicted octanol–water partition coefficient (Wildman–Crippen LogP) is 10.0. The van der Waals surface area contributed by atoms with Crippen LogP contribution < -0.4 is 0 Å². The molecular formula is C26H45BrO2S. The maximum Gasteiger partial charge on any atom is 0.337 e. The van der Waals surface area contributed by atoms with Crippen LogP contribution in [0.2, 0.25) is 0 Å². The highest BCUT2D eigenvalue weighted by molar-refractivity contribution is 9.11. The zero-order valence-electron chi connectivity index (χ0n) is 19.5. The van der Waals surface area contributed by atoms with E-state index >= 15 is 0 Å². The highest BCUT2D eigenvalue weighted by Crippen LogP contribution is 2.30. The first kappa shape index (κ1) is 27.7. The zero-order chi connectivity index (χ0) is 22.0. The molecule has 0 spiro atoms. The lowest BCUT2D eigenvalue weighted by atomic mass is 9.89. The molecule has 0 amide bonds. The van der Waals surface area contributed by atoms with Gasteiger partial charge in [-0.2, -0.15) is 0 Å². The highest BCUT2D eigenvalue weighted by Gasteiger charge is 2.16. The van der Waals surface area contributed by atoms with Crippen molar-refractivity contribution in [2.75, 3.05) is 0 Å². The van der Waals surface area contributed by atoms with Crippen molar-refractivity contribution in [2.45, 2.75) is 129 Å². The molecule has 1 aromatic rings. The van der Waals surface area contributed by atoms with Crippen molar-refractivity contribution in [2.24, 2.45) is 5.92 Å². The summed E-state index contributed by atoms with van der Waals surface area (Å²) in [5.74, 6) is 0.123. The number of rotatable bonds is 20. The van der Waals surface area contributed by atoms with Gasteiger partial charge in [0.2, 0.25) is 0 Å². The van der Waals surface area contributed by atoms with E-state index in [1.807, 2.05) is 5.38 Å². The Morgan fingerprint density at radius 1 is 0.833 bits per heavy atom. The SMILES string of the molecule is CCCCCCCCC(CCCCCC)CCCCCCc1csc(Br)c1C(=O)O. The van der Waals surface area contributed by atoms with Crippen LogP contribution >= 0.6 is 27.3 Å². The largest absolute Gasteiger partial charge is 0.478 e. The standard InChI is InChI=1S/C26H45BrO2S/c1-3-5-7-9-10-14-18-22(17-13-8-6-4-2)19-15-11-12-16-20-23-21-30-25(27)24(23)26(28)29/h21-22H,3-20H2,1-2H3,(H,28,29). The van der Waals surface area contributed by atoms with E-state index in [1.54, 1.807) is 0 Å². The third-order valence-electron chi connectivity index (χ3n) is 6.28. The number of unbranched alkanes of at least 4 members (excludes halogenated alkanes) is 11. The van der Waals surface area contributed by atoms with Crippen molar-refractivity contribution in [3.05, 3.63) is 20.3 Å². The Labute approximate surface area is 198 Å². The van der Waals surface area contributed by atoms with Gasteiger partial charge < -0.3 is 5.11 Å². The Bertz CT molecular complexity index is 555. The number of thiophene rings is 1. The van der Waals surface area contributed by atoms with Crippen LogP contribution in [0.3, 0.4) is 0 Å². The van der Waals surface area contributed by atoms with Crippen LogP contribution in [-0.4, -0.2) is 11.1 Å². The number of hydrogen-bond donors (Lipinski definition) is 1. The van der Waals surface area contributed by atoms with Gasteiger partial charge in [0.15, 0.2) is 0 Å². The predicted molar refractivity (Wildman–Crippen MR) is 136 cm³/mol. The van der Waals surface area contributed by atoms with Gasteiger partial charge in [0.05, 0.1) is 9.35 Å². The molecule has 174 valence electrons. The van der Waals surface area contributed by atoms with Crippen LogP contribution in [0, 0.1) is 5.92 Å². The van der Waals surface area contributed by atoms with Crippen molar-refractivity contribution in [1.29, 1.82) is 0 Å². The number of carbonyl (C=O) groups is 1. The maximum atomic E-state index is 11.4. The fourth-order valence-electron chi connectivity index (χ4n) is 4.38. The molecule has 0 aromatic carbocycles. The van der Waals surface area contributed by atoms with Crippen molar-refractivity contribution < 1.29 is 9.90 Å². The Morgan fingerprint density at radius 3 is 1.83 bits per heavy atom. The molecule has 1 aromatic heterocycles. The quantitative estimate of drug-likeness (QED) is 0.181. The zero-order valence-corrected chi connectivity index (χ0v) is 21.9. The van der Waals surface area contributed by atoms with E-state index in [1.165, 1.54) is 114 Å². The average molecular weight is 502 g/mol. The van der Waals surface area contributed by atoms with Crippen LogP contribution in [0.15, 0.2) is 9.17 Å². The molecule has 0 saturated carbocycles. The molecule has 1 rings (SSSR count). The number of carboxylic acids is 1. The third kappa shape index (κ3) is 12.5. The van der Waals surface area contributed by atoms with Gasteiger partial charge in [-0.15, -0.1) is 11.3 Å². The summed E-state index contributed by atoms with van der Waals surface area (Å²) in [6, 6.07) is 0. The lowest BCUT2D eigenvalue weighted by Crippen LogP contribution is -2.02. The smallest absolute Gasteiger partial charge is 0.337 e. The molecule has 0 saturated heterocycles. The van der Waals surface area contributed by atoms with Gasteiger partial charge in [0, 0.05) is 0 Å². The van der Waals surface area contributed by atoms with Gasteiger partial charge in [-0.05, 0) is 45.6 Å². The summed E-state index contributed by atoms with van der Waals surface area (Å²) in [6.07, 6.45) is 24.1. The molecule has 4 heteroatoms. The summed E-state index contributed by atoms with van der Waals surface area (Å²) in [5, 5.41) is 11.3. The van der Waals surface area contributed by atoms with Crippen LogP contribution in [0.5, 0.6) is 0 Å². The third-order valence-corrected chi connectivity index (χ3v) is 8.05. The normalized spacial score (nSPS) is 12.4. The fraction of sp³-hybridized carbons (Fsp3) is 0.808. The van der Waals surface area contributed by atoms with Gasteiger partial charge in [-0.25, -0.2) is 4.79 Å². The number of aromatic carboxylic acids is 1. The van der Waals surface area contributed by atoms with Gasteiger partial charge in [0.25, 0.3) is 0 Å². The van der Waals surface area contributed by atoms with Crippen molar-refractivity contribution in [1.82, 2.24) is 0 Å². The molecule has 1 atom stereocenters. The topological polar surface area (TPSA) is 37.3 Å². The van der Waals surface area contributed by atoms with E-state index in [-0.39, 0.29) is 0 Å². The average Bonchev–Trinajstić information content (AvgIpc) is 3.10. The first-order valence-electron chi connectivity index (χ1n) is 12.6. The summed E-state index contributed by atoms with van der Waals surface area (Å²) in [5.41, 5.74) is 1.47. The van der Waals surface area contributed by atoms with Gasteiger partial charge in [-0.1, -0.05) is 117 Å².